The van der Waals surface area contributed by atoms with E-state index >= 15 is 0 Å². The van der Waals surface area contributed by atoms with Crippen molar-refractivity contribution in [2.24, 2.45) is 0 Å². The Morgan fingerprint density at radius 1 is 1.03 bits per heavy atom. The molecule has 0 radical (unpaired) electrons. The van der Waals surface area contributed by atoms with Crippen LogP contribution >= 0.6 is 0 Å². The minimum Gasteiger partial charge on any atom is -0.462 e. The van der Waals surface area contributed by atoms with Crippen LogP contribution in [0.3, 0.4) is 0 Å². The maximum absolute atomic E-state index is 6.15. The molecule has 0 aliphatic carbocycles. The minimum absolute atomic E-state index is 0.516. The van der Waals surface area contributed by atoms with Crippen molar-refractivity contribution in [2.45, 2.75) is 47.2 Å². The van der Waals surface area contributed by atoms with E-state index in [0.29, 0.717) is 12.6 Å². The maximum Gasteiger partial charge on any atom is 0.318 e. The van der Waals surface area contributed by atoms with Gasteiger partial charge in [-0.1, -0.05) is 26.0 Å². The summed E-state index contributed by atoms with van der Waals surface area (Å²) in [6.07, 6.45) is 0.945. The summed E-state index contributed by atoms with van der Waals surface area (Å²) in [5, 5.41) is 6.83. The molecule has 1 saturated heterocycles. The van der Waals surface area contributed by atoms with Crippen molar-refractivity contribution in [2.75, 3.05) is 75.8 Å². The lowest BCUT2D eigenvalue weighted by molar-refractivity contribution is 0.212. The summed E-state index contributed by atoms with van der Waals surface area (Å²) in [6, 6.07) is 4.99. The number of rotatable bonds is 10. The number of nitrogens with zero attached hydrogens (tertiary/aromatic N) is 5. The Kier molecular flexibility index (Phi) is 8.81. The predicted octanol–water partition coefficient (Wildman–Crippen LogP) is 2.51. The van der Waals surface area contributed by atoms with Gasteiger partial charge in [-0.15, -0.1) is 0 Å². The second kappa shape index (κ2) is 12.0. The molecule has 0 unspecified atom stereocenters. The number of likely N-dealkylation sites (N-methyl/N-ethyl adjacent to an activating group) is 1. The van der Waals surface area contributed by atoms with Crippen molar-refractivity contribution < 1.29 is 4.74 Å². The molecule has 2 aromatic rings. The van der Waals surface area contributed by atoms with Gasteiger partial charge in [0.25, 0.3) is 0 Å². The van der Waals surface area contributed by atoms with E-state index in [0.717, 1.165) is 83.4 Å². The Bertz CT molecular complexity index is 986. The first-order chi connectivity index (χ1) is 17.0. The van der Waals surface area contributed by atoms with Crippen LogP contribution in [0.2, 0.25) is 0 Å². The van der Waals surface area contributed by atoms with Crippen molar-refractivity contribution in [1.82, 2.24) is 25.5 Å². The molecule has 1 aromatic heterocycles. The molecule has 8 nitrogen and oxygen atoms in total. The highest BCUT2D eigenvalue weighted by Crippen LogP contribution is 2.35. The van der Waals surface area contributed by atoms with Crippen molar-refractivity contribution in [3.05, 3.63) is 40.1 Å². The average molecular weight is 482 g/mol. The van der Waals surface area contributed by atoms with Crippen LogP contribution in [-0.2, 0) is 19.5 Å². The molecule has 192 valence electrons. The zero-order valence-electron chi connectivity index (χ0n) is 22.3. The molecule has 8 heteroatoms. The molecule has 0 amide bonds. The number of hydrogen-bond donors (Lipinski definition) is 2. The number of ether oxygens (including phenoxy) is 1. The third kappa shape index (κ3) is 5.88. The lowest BCUT2D eigenvalue weighted by Crippen LogP contribution is -2.45. The molecule has 1 aromatic carbocycles. The van der Waals surface area contributed by atoms with E-state index in [2.05, 4.69) is 65.2 Å². The standard InChI is InChI=1S/C27H43N7O/c1-6-32(7-2)16-17-35-27-30-24-19-34(25-21(4)9-8-20(3)23(25)18-28-5)13-10-22(24)26(31-27)33-14-11-29-12-15-33/h8-9,28-29H,6-7,10-19H2,1-5H3. The van der Waals surface area contributed by atoms with Gasteiger partial charge in [0.05, 0.1) is 12.2 Å². The number of hydrogen-bond acceptors (Lipinski definition) is 8. The summed E-state index contributed by atoms with van der Waals surface area (Å²) < 4.78 is 6.15. The smallest absolute Gasteiger partial charge is 0.318 e. The fourth-order valence-corrected chi connectivity index (χ4v) is 5.28. The van der Waals surface area contributed by atoms with Crippen molar-refractivity contribution in [3.63, 3.8) is 0 Å². The zero-order valence-corrected chi connectivity index (χ0v) is 22.3. The van der Waals surface area contributed by atoms with Gasteiger partial charge in [-0.05, 0) is 57.1 Å². The summed E-state index contributed by atoms with van der Waals surface area (Å²) in [5.74, 6) is 1.07. The molecular weight excluding hydrogens is 438 g/mol. The van der Waals surface area contributed by atoms with Gasteiger partial charge < -0.3 is 30.1 Å². The van der Waals surface area contributed by atoms with Crippen molar-refractivity contribution in [3.8, 4) is 6.01 Å². The third-order valence-corrected chi connectivity index (χ3v) is 7.36. The summed E-state index contributed by atoms with van der Waals surface area (Å²) in [4.78, 5) is 17.2. The van der Waals surface area contributed by atoms with E-state index < -0.39 is 0 Å². The van der Waals surface area contributed by atoms with E-state index in [-0.39, 0.29) is 0 Å². The second-order valence-corrected chi connectivity index (χ2v) is 9.60. The molecule has 0 spiro atoms. The second-order valence-electron chi connectivity index (χ2n) is 9.60. The van der Waals surface area contributed by atoms with Crippen molar-refractivity contribution >= 4 is 11.5 Å². The van der Waals surface area contributed by atoms with Gasteiger partial charge in [-0.25, -0.2) is 0 Å². The Hall–Kier alpha value is -2.42. The van der Waals surface area contributed by atoms with Gasteiger partial charge in [0.15, 0.2) is 0 Å². The predicted molar refractivity (Wildman–Crippen MR) is 144 cm³/mol. The zero-order chi connectivity index (χ0) is 24.8. The molecule has 0 atom stereocenters. The molecule has 3 heterocycles. The quantitative estimate of drug-likeness (QED) is 0.537. The van der Waals surface area contributed by atoms with Gasteiger partial charge in [0.2, 0.25) is 0 Å². The number of piperazine rings is 1. The van der Waals surface area contributed by atoms with Gasteiger partial charge >= 0.3 is 6.01 Å². The van der Waals surface area contributed by atoms with E-state index in [1.54, 1.807) is 0 Å². The highest BCUT2D eigenvalue weighted by atomic mass is 16.5. The summed E-state index contributed by atoms with van der Waals surface area (Å²) in [6.45, 7) is 18.9. The van der Waals surface area contributed by atoms with Crippen LogP contribution < -0.4 is 25.2 Å². The SMILES string of the molecule is CCN(CC)CCOc1nc2c(c(N3CCNCC3)n1)CCN(c1c(C)ccc(C)c1CNC)C2. The molecule has 2 aliphatic heterocycles. The maximum atomic E-state index is 6.15. The van der Waals surface area contributed by atoms with Crippen LogP contribution in [0.5, 0.6) is 6.01 Å². The fourth-order valence-electron chi connectivity index (χ4n) is 5.28. The molecule has 35 heavy (non-hydrogen) atoms. The Morgan fingerprint density at radius 2 is 1.77 bits per heavy atom. The molecule has 2 aliphatic rings. The van der Waals surface area contributed by atoms with E-state index in [1.807, 2.05) is 7.05 Å². The van der Waals surface area contributed by atoms with Crippen LogP contribution in [0.25, 0.3) is 0 Å². The molecule has 1 fully saturated rings. The lowest BCUT2D eigenvalue weighted by atomic mass is 9.97. The van der Waals surface area contributed by atoms with Crippen LogP contribution in [0, 0.1) is 13.8 Å². The first kappa shape index (κ1) is 25.7. The molecular formula is C27H43N7O. The molecule has 0 bridgehead atoms. The number of benzene rings is 1. The number of aryl methyl sites for hydroxylation is 2. The first-order valence-corrected chi connectivity index (χ1v) is 13.2. The topological polar surface area (TPSA) is 68.8 Å². The van der Waals surface area contributed by atoms with Gasteiger partial charge in [-0.3, -0.25) is 0 Å². The van der Waals surface area contributed by atoms with Crippen molar-refractivity contribution in [1.29, 1.82) is 0 Å². The number of fused-ring (bicyclic) bond motifs is 1. The monoisotopic (exact) mass is 481 g/mol. The normalized spacial score (nSPS) is 16.1. The summed E-state index contributed by atoms with van der Waals surface area (Å²) in [5.41, 5.74) is 7.76. The largest absolute Gasteiger partial charge is 0.462 e. The Labute approximate surface area is 211 Å². The van der Waals surface area contributed by atoms with Crippen LogP contribution in [0.1, 0.15) is 41.8 Å². The first-order valence-electron chi connectivity index (χ1n) is 13.2. The van der Waals surface area contributed by atoms with Gasteiger partial charge in [-0.2, -0.15) is 9.97 Å². The highest BCUT2D eigenvalue weighted by molar-refractivity contribution is 5.64. The Morgan fingerprint density at radius 3 is 2.49 bits per heavy atom. The number of nitrogens with one attached hydrogen (secondary N) is 2. The summed E-state index contributed by atoms with van der Waals surface area (Å²) in [7, 11) is 2.02. The van der Waals surface area contributed by atoms with E-state index in [9.17, 15) is 0 Å². The Balaban J connectivity index is 1.64. The average Bonchev–Trinajstić information content (AvgIpc) is 2.88. The van der Waals surface area contributed by atoms with Gasteiger partial charge in [0.1, 0.15) is 12.4 Å². The number of aromatic nitrogens is 2. The summed E-state index contributed by atoms with van der Waals surface area (Å²) >= 11 is 0. The van der Waals surface area contributed by atoms with Gasteiger partial charge in [0, 0.05) is 57.1 Å². The number of anilines is 2. The highest BCUT2D eigenvalue weighted by Gasteiger charge is 2.28. The van der Waals surface area contributed by atoms with E-state index in [1.165, 1.54) is 27.9 Å². The van der Waals surface area contributed by atoms with Crippen LogP contribution in [0.4, 0.5) is 11.5 Å². The fraction of sp³-hybridized carbons (Fsp3) is 0.630. The minimum atomic E-state index is 0.516. The van der Waals surface area contributed by atoms with Crippen LogP contribution in [-0.4, -0.2) is 80.9 Å². The molecule has 0 saturated carbocycles. The van der Waals surface area contributed by atoms with Crippen LogP contribution in [0.15, 0.2) is 12.1 Å². The molecule has 2 N–H and O–H groups in total. The van der Waals surface area contributed by atoms with E-state index in [4.69, 9.17) is 14.7 Å². The third-order valence-electron chi connectivity index (χ3n) is 7.36. The molecule has 4 rings (SSSR count). The lowest BCUT2D eigenvalue weighted by Gasteiger charge is -2.36.